The Hall–Kier alpha value is -1.42. The van der Waals surface area contributed by atoms with Crippen molar-refractivity contribution in [3.8, 4) is 0 Å². The van der Waals surface area contributed by atoms with Gasteiger partial charge in [0, 0.05) is 13.6 Å². The molecule has 1 aromatic rings. The van der Waals surface area contributed by atoms with E-state index in [1.165, 1.54) is 17.0 Å². The molecule has 0 radical (unpaired) electrons. The van der Waals surface area contributed by atoms with Gasteiger partial charge in [0.2, 0.25) is 5.91 Å². The molecule has 82 valence electrons. The molecule has 0 saturated heterocycles. The van der Waals surface area contributed by atoms with E-state index in [1.807, 2.05) is 0 Å². The number of hydrogen-bond acceptors (Lipinski definition) is 2. The number of hydrogen-bond donors (Lipinski definition) is 1. The number of aliphatic hydroxyl groups is 1. The minimum atomic E-state index is -0.486. The SMILES string of the molecule is CN(CCc1cccc(F)c1)C(=O)CO. The lowest BCUT2D eigenvalue weighted by Gasteiger charge is -2.15. The van der Waals surface area contributed by atoms with Gasteiger partial charge in [0.25, 0.3) is 0 Å². The Morgan fingerprint density at radius 1 is 1.53 bits per heavy atom. The van der Waals surface area contributed by atoms with Gasteiger partial charge in [-0.15, -0.1) is 0 Å². The number of likely N-dealkylation sites (N-methyl/N-ethyl adjacent to an activating group) is 1. The number of aliphatic hydroxyl groups excluding tert-OH is 1. The number of rotatable bonds is 4. The summed E-state index contributed by atoms with van der Waals surface area (Å²) in [4.78, 5) is 12.4. The van der Waals surface area contributed by atoms with Crippen LogP contribution < -0.4 is 0 Å². The predicted molar refractivity (Wildman–Crippen MR) is 54.8 cm³/mol. The molecule has 0 spiro atoms. The van der Waals surface area contributed by atoms with Gasteiger partial charge in [-0.05, 0) is 24.1 Å². The highest BCUT2D eigenvalue weighted by Gasteiger charge is 2.06. The van der Waals surface area contributed by atoms with Crippen LogP contribution in [0.1, 0.15) is 5.56 Å². The van der Waals surface area contributed by atoms with Gasteiger partial charge in [0.05, 0.1) is 0 Å². The smallest absolute Gasteiger partial charge is 0.248 e. The Bertz CT molecular complexity index is 341. The summed E-state index contributed by atoms with van der Waals surface area (Å²) in [5.41, 5.74) is 0.840. The average Bonchev–Trinajstić information content (AvgIpc) is 2.25. The van der Waals surface area contributed by atoms with Gasteiger partial charge >= 0.3 is 0 Å². The molecule has 3 nitrogen and oxygen atoms in total. The molecule has 0 aliphatic rings. The zero-order valence-electron chi connectivity index (χ0n) is 8.61. The molecule has 15 heavy (non-hydrogen) atoms. The third-order valence-corrected chi connectivity index (χ3v) is 2.19. The molecule has 0 atom stereocenters. The topological polar surface area (TPSA) is 40.5 Å². The number of halogens is 1. The third-order valence-electron chi connectivity index (χ3n) is 2.19. The van der Waals surface area contributed by atoms with Crippen molar-refractivity contribution >= 4 is 5.91 Å². The quantitative estimate of drug-likeness (QED) is 0.801. The number of carbonyl (C=O) groups is 1. The molecule has 1 aromatic carbocycles. The molecular formula is C11H14FNO2. The second kappa shape index (κ2) is 5.46. The van der Waals surface area contributed by atoms with Crippen LogP contribution in [0.5, 0.6) is 0 Å². The summed E-state index contributed by atoms with van der Waals surface area (Å²) < 4.78 is 12.8. The lowest BCUT2D eigenvalue weighted by Crippen LogP contribution is -2.31. The molecule has 1 rings (SSSR count). The molecule has 1 N–H and O–H groups in total. The van der Waals surface area contributed by atoms with Crippen LogP contribution in [-0.4, -0.2) is 36.1 Å². The molecule has 0 aromatic heterocycles. The molecule has 0 bridgehead atoms. The maximum absolute atomic E-state index is 12.8. The summed E-state index contributed by atoms with van der Waals surface area (Å²) in [6.45, 7) is -0.0114. The fourth-order valence-electron chi connectivity index (χ4n) is 1.23. The van der Waals surface area contributed by atoms with E-state index in [1.54, 1.807) is 19.2 Å². The maximum Gasteiger partial charge on any atom is 0.248 e. The first-order valence-corrected chi connectivity index (χ1v) is 4.72. The van der Waals surface area contributed by atoms with Crippen LogP contribution in [0, 0.1) is 5.82 Å². The van der Waals surface area contributed by atoms with Crippen molar-refractivity contribution < 1.29 is 14.3 Å². The van der Waals surface area contributed by atoms with Crippen LogP contribution in [0.2, 0.25) is 0 Å². The van der Waals surface area contributed by atoms with Crippen molar-refractivity contribution in [2.45, 2.75) is 6.42 Å². The monoisotopic (exact) mass is 211 g/mol. The second-order valence-corrected chi connectivity index (χ2v) is 3.35. The van der Waals surface area contributed by atoms with E-state index in [9.17, 15) is 9.18 Å². The first-order chi connectivity index (χ1) is 7.13. The van der Waals surface area contributed by atoms with Crippen LogP contribution >= 0.6 is 0 Å². The van der Waals surface area contributed by atoms with Crippen LogP contribution in [0.3, 0.4) is 0 Å². The molecule has 0 saturated carbocycles. The predicted octanol–water partition coefficient (Wildman–Crippen LogP) is 0.819. The summed E-state index contributed by atoms with van der Waals surface area (Å²) in [6, 6.07) is 6.27. The Morgan fingerprint density at radius 2 is 2.27 bits per heavy atom. The Labute approximate surface area is 88.1 Å². The van der Waals surface area contributed by atoms with Crippen molar-refractivity contribution in [1.82, 2.24) is 4.90 Å². The average molecular weight is 211 g/mol. The molecule has 4 heteroatoms. The number of nitrogens with zero attached hydrogens (tertiary/aromatic N) is 1. The Balaban J connectivity index is 2.47. The first kappa shape index (κ1) is 11.7. The molecule has 0 heterocycles. The van der Waals surface area contributed by atoms with Crippen molar-refractivity contribution in [2.24, 2.45) is 0 Å². The zero-order valence-corrected chi connectivity index (χ0v) is 8.61. The molecule has 0 aliphatic heterocycles. The van der Waals surface area contributed by atoms with E-state index >= 15 is 0 Å². The largest absolute Gasteiger partial charge is 0.387 e. The van der Waals surface area contributed by atoms with Crippen LogP contribution in [0.4, 0.5) is 4.39 Å². The highest BCUT2D eigenvalue weighted by molar-refractivity contribution is 5.76. The number of amides is 1. The number of carbonyl (C=O) groups excluding carboxylic acids is 1. The molecule has 1 amide bonds. The standard InChI is InChI=1S/C11H14FNO2/c1-13(11(15)8-14)6-5-9-3-2-4-10(12)7-9/h2-4,7,14H,5-6,8H2,1H3. The van der Waals surface area contributed by atoms with E-state index in [0.717, 1.165) is 5.56 Å². The van der Waals surface area contributed by atoms with E-state index in [4.69, 9.17) is 5.11 Å². The van der Waals surface area contributed by atoms with E-state index < -0.39 is 6.61 Å². The Kier molecular flexibility index (Phi) is 4.24. The van der Waals surface area contributed by atoms with Crippen LogP contribution in [0.25, 0.3) is 0 Å². The summed E-state index contributed by atoms with van der Waals surface area (Å²) in [6.07, 6.45) is 0.583. The minimum absolute atomic E-state index is 0.274. The van der Waals surface area contributed by atoms with E-state index in [-0.39, 0.29) is 11.7 Å². The minimum Gasteiger partial charge on any atom is -0.387 e. The van der Waals surface area contributed by atoms with Crippen molar-refractivity contribution in [2.75, 3.05) is 20.2 Å². The third kappa shape index (κ3) is 3.67. The number of benzene rings is 1. The zero-order chi connectivity index (χ0) is 11.3. The molecule has 0 aliphatic carbocycles. The van der Waals surface area contributed by atoms with E-state index in [0.29, 0.717) is 13.0 Å². The lowest BCUT2D eigenvalue weighted by atomic mass is 10.1. The molecular weight excluding hydrogens is 197 g/mol. The van der Waals surface area contributed by atoms with Crippen molar-refractivity contribution in [1.29, 1.82) is 0 Å². The van der Waals surface area contributed by atoms with Crippen LogP contribution in [0.15, 0.2) is 24.3 Å². The summed E-state index contributed by atoms with van der Waals surface area (Å²) in [5, 5.41) is 8.60. The van der Waals surface area contributed by atoms with Gasteiger partial charge in [0.15, 0.2) is 0 Å². The highest BCUT2D eigenvalue weighted by atomic mass is 19.1. The lowest BCUT2D eigenvalue weighted by molar-refractivity contribution is -0.132. The maximum atomic E-state index is 12.8. The normalized spacial score (nSPS) is 10.1. The van der Waals surface area contributed by atoms with Gasteiger partial charge in [-0.3, -0.25) is 4.79 Å². The summed E-state index contributed by atoms with van der Waals surface area (Å²) in [7, 11) is 1.61. The van der Waals surface area contributed by atoms with Crippen LogP contribution in [-0.2, 0) is 11.2 Å². The fourth-order valence-corrected chi connectivity index (χ4v) is 1.23. The van der Waals surface area contributed by atoms with Gasteiger partial charge < -0.3 is 10.0 Å². The van der Waals surface area contributed by atoms with E-state index in [2.05, 4.69) is 0 Å². The van der Waals surface area contributed by atoms with Gasteiger partial charge in [0.1, 0.15) is 12.4 Å². The highest BCUT2D eigenvalue weighted by Crippen LogP contribution is 2.04. The second-order valence-electron chi connectivity index (χ2n) is 3.35. The van der Waals surface area contributed by atoms with Crippen molar-refractivity contribution in [3.63, 3.8) is 0 Å². The molecule has 0 unspecified atom stereocenters. The molecule has 0 fully saturated rings. The van der Waals surface area contributed by atoms with Gasteiger partial charge in [-0.2, -0.15) is 0 Å². The fraction of sp³-hybridized carbons (Fsp3) is 0.364. The summed E-state index contributed by atoms with van der Waals surface area (Å²) >= 11 is 0. The van der Waals surface area contributed by atoms with Crippen molar-refractivity contribution in [3.05, 3.63) is 35.6 Å². The van der Waals surface area contributed by atoms with Gasteiger partial charge in [-0.25, -0.2) is 4.39 Å². The van der Waals surface area contributed by atoms with Gasteiger partial charge in [-0.1, -0.05) is 12.1 Å². The Morgan fingerprint density at radius 3 is 2.87 bits per heavy atom. The summed E-state index contributed by atoms with van der Waals surface area (Å²) in [5.74, 6) is -0.602. The first-order valence-electron chi connectivity index (χ1n) is 4.72.